The van der Waals surface area contributed by atoms with Crippen LogP contribution in [-0.2, 0) is 14.3 Å². The van der Waals surface area contributed by atoms with E-state index in [0.717, 1.165) is 17.0 Å². The Kier molecular flexibility index (Phi) is 5.31. The number of nitrogens with zero attached hydrogens (tertiary/aromatic N) is 2. The van der Waals surface area contributed by atoms with Gasteiger partial charge in [-0.1, -0.05) is 17.3 Å². The van der Waals surface area contributed by atoms with Gasteiger partial charge in [0.2, 0.25) is 0 Å². The molecule has 1 saturated heterocycles. The molecule has 162 valence electrons. The summed E-state index contributed by atoms with van der Waals surface area (Å²) >= 11 is 0. The molecule has 8 nitrogen and oxygen atoms in total. The normalized spacial score (nSPS) is 17.6. The fourth-order valence-corrected chi connectivity index (χ4v) is 3.53. The van der Waals surface area contributed by atoms with E-state index in [-0.39, 0.29) is 22.5 Å². The topological polar surface area (TPSA) is 110 Å². The molecule has 4 rings (SSSR count). The molecule has 0 spiro atoms. The van der Waals surface area contributed by atoms with Gasteiger partial charge in [0.05, 0.1) is 24.3 Å². The number of methoxy groups -OCH3 is 1. The van der Waals surface area contributed by atoms with E-state index in [1.807, 2.05) is 0 Å². The Bertz CT molecular complexity index is 1240. The Morgan fingerprint density at radius 1 is 1.09 bits per heavy atom. The Balaban J connectivity index is 1.90. The van der Waals surface area contributed by atoms with Crippen LogP contribution in [-0.4, -0.2) is 35.0 Å². The van der Waals surface area contributed by atoms with Crippen LogP contribution in [0.3, 0.4) is 0 Å². The second kappa shape index (κ2) is 8.10. The average Bonchev–Trinajstić information content (AvgIpc) is 3.34. The zero-order chi connectivity index (χ0) is 23.0. The summed E-state index contributed by atoms with van der Waals surface area (Å²) in [5, 5.41) is 14.8. The first-order valence-electron chi connectivity index (χ1n) is 9.50. The van der Waals surface area contributed by atoms with Crippen molar-refractivity contribution >= 4 is 29.2 Å². The predicted molar refractivity (Wildman–Crippen MR) is 110 cm³/mol. The molecule has 1 aliphatic heterocycles. The molecule has 1 amide bonds. The molecular weight excluding hydrogens is 419 g/mol. The summed E-state index contributed by atoms with van der Waals surface area (Å²) in [6.45, 7) is 1.63. The maximum Gasteiger partial charge on any atom is 0.337 e. The molecule has 0 radical (unpaired) electrons. The van der Waals surface area contributed by atoms with Gasteiger partial charge < -0.3 is 14.4 Å². The molecule has 2 aromatic carbocycles. The van der Waals surface area contributed by atoms with Gasteiger partial charge in [-0.2, -0.15) is 0 Å². The minimum atomic E-state index is -1.06. The lowest BCUT2D eigenvalue weighted by Gasteiger charge is -2.23. The van der Waals surface area contributed by atoms with Gasteiger partial charge in [-0.3, -0.25) is 14.5 Å². The summed E-state index contributed by atoms with van der Waals surface area (Å²) in [6.07, 6.45) is 0. The number of anilines is 1. The summed E-state index contributed by atoms with van der Waals surface area (Å²) in [7, 11) is 1.25. The number of ether oxygens (including phenoxy) is 1. The number of benzene rings is 2. The maximum absolute atomic E-state index is 13.3. The van der Waals surface area contributed by atoms with Gasteiger partial charge in [-0.15, -0.1) is 0 Å². The number of halogens is 1. The van der Waals surface area contributed by atoms with E-state index in [0.29, 0.717) is 11.3 Å². The lowest BCUT2D eigenvalue weighted by molar-refractivity contribution is -0.132. The van der Waals surface area contributed by atoms with Gasteiger partial charge in [-0.25, -0.2) is 9.18 Å². The number of rotatable bonds is 4. The largest absolute Gasteiger partial charge is 0.507 e. The highest BCUT2D eigenvalue weighted by Crippen LogP contribution is 2.41. The van der Waals surface area contributed by atoms with E-state index in [9.17, 15) is 23.9 Å². The summed E-state index contributed by atoms with van der Waals surface area (Å²) in [6, 6.07) is 11.3. The van der Waals surface area contributed by atoms with Crippen molar-refractivity contribution in [1.29, 1.82) is 0 Å². The summed E-state index contributed by atoms with van der Waals surface area (Å²) in [4.78, 5) is 38.8. The first kappa shape index (κ1) is 21.0. The molecular formula is C23H17FN2O6. The second-order valence-corrected chi connectivity index (χ2v) is 7.09. The molecule has 32 heavy (non-hydrogen) atoms. The number of aliphatic hydroxyl groups excluding tert-OH is 1. The van der Waals surface area contributed by atoms with Crippen molar-refractivity contribution in [2.24, 2.45) is 0 Å². The minimum absolute atomic E-state index is 0.0878. The molecule has 0 bridgehead atoms. The van der Waals surface area contributed by atoms with Crippen molar-refractivity contribution in [3.63, 3.8) is 0 Å². The third-order valence-electron chi connectivity index (χ3n) is 5.07. The van der Waals surface area contributed by atoms with E-state index in [4.69, 9.17) is 9.26 Å². The van der Waals surface area contributed by atoms with Crippen molar-refractivity contribution in [2.45, 2.75) is 13.0 Å². The molecule has 3 aromatic rings. The Hall–Kier alpha value is -4.27. The van der Waals surface area contributed by atoms with Crippen LogP contribution in [0.15, 0.2) is 64.7 Å². The van der Waals surface area contributed by atoms with E-state index in [1.54, 1.807) is 19.1 Å². The van der Waals surface area contributed by atoms with Crippen LogP contribution in [0, 0.1) is 12.7 Å². The van der Waals surface area contributed by atoms with Gasteiger partial charge in [0.25, 0.3) is 5.78 Å². The fourth-order valence-electron chi connectivity index (χ4n) is 3.53. The van der Waals surface area contributed by atoms with Gasteiger partial charge in [0.15, 0.2) is 5.82 Å². The van der Waals surface area contributed by atoms with Gasteiger partial charge in [0.1, 0.15) is 17.3 Å². The number of carbonyl (C=O) groups is 3. The average molecular weight is 436 g/mol. The number of aromatic nitrogens is 1. The van der Waals surface area contributed by atoms with Crippen LogP contribution in [0.2, 0.25) is 0 Å². The van der Waals surface area contributed by atoms with E-state index < -0.39 is 35.3 Å². The highest BCUT2D eigenvalue weighted by Gasteiger charge is 2.48. The number of ketones is 1. The smallest absolute Gasteiger partial charge is 0.337 e. The summed E-state index contributed by atoms with van der Waals surface area (Å²) in [5.41, 5.74) is 0.662. The third kappa shape index (κ3) is 3.53. The molecule has 1 aromatic heterocycles. The highest BCUT2D eigenvalue weighted by atomic mass is 19.1. The van der Waals surface area contributed by atoms with Crippen LogP contribution in [0.5, 0.6) is 0 Å². The lowest BCUT2D eigenvalue weighted by Crippen LogP contribution is -2.29. The molecule has 9 heteroatoms. The fraction of sp³-hybridized carbons (Fsp3) is 0.130. The Labute approximate surface area is 181 Å². The first-order valence-corrected chi connectivity index (χ1v) is 9.50. The summed E-state index contributed by atoms with van der Waals surface area (Å²) in [5.74, 6) is -2.88. The van der Waals surface area contributed by atoms with Crippen LogP contribution in [0.4, 0.5) is 10.2 Å². The first-order chi connectivity index (χ1) is 15.3. The van der Waals surface area contributed by atoms with Gasteiger partial charge >= 0.3 is 11.9 Å². The van der Waals surface area contributed by atoms with Crippen molar-refractivity contribution in [1.82, 2.24) is 5.16 Å². The van der Waals surface area contributed by atoms with Gasteiger partial charge in [0, 0.05) is 11.6 Å². The van der Waals surface area contributed by atoms with Crippen molar-refractivity contribution < 1.29 is 33.1 Å². The SMILES string of the molecule is COC(=O)c1ccc([C@H]2/C(=C(\O)c3ccc(F)cc3)C(=O)C(=O)N2c2cc(C)on2)cc1. The molecule has 0 unspecified atom stereocenters. The van der Waals surface area contributed by atoms with E-state index in [2.05, 4.69) is 5.16 Å². The zero-order valence-corrected chi connectivity index (χ0v) is 17.0. The molecule has 1 fully saturated rings. The number of amides is 1. The summed E-state index contributed by atoms with van der Waals surface area (Å²) < 4.78 is 23.1. The van der Waals surface area contributed by atoms with Crippen LogP contribution < -0.4 is 4.90 Å². The maximum atomic E-state index is 13.3. The van der Waals surface area contributed by atoms with Crippen LogP contribution in [0.1, 0.15) is 33.3 Å². The number of Topliss-reactive ketones (excluding diaryl/α,β-unsaturated/α-hetero) is 1. The van der Waals surface area contributed by atoms with Crippen LogP contribution >= 0.6 is 0 Å². The number of carbonyl (C=O) groups excluding carboxylic acids is 3. The van der Waals surface area contributed by atoms with Gasteiger partial charge in [-0.05, 0) is 48.9 Å². The van der Waals surface area contributed by atoms with Crippen LogP contribution in [0.25, 0.3) is 5.76 Å². The molecule has 0 saturated carbocycles. The standard InChI is InChI=1S/C23H17FN2O6/c1-12-11-17(25-32-12)26-19(13-3-5-15(6-4-13)23(30)31-2)18(21(28)22(26)29)20(27)14-7-9-16(24)10-8-14/h3-11,19,27H,1-2H3/b20-18+/t19-/m0/s1. The van der Waals surface area contributed by atoms with Crippen molar-refractivity contribution in [3.8, 4) is 0 Å². The quantitative estimate of drug-likeness (QED) is 0.288. The van der Waals surface area contributed by atoms with E-state index in [1.165, 1.54) is 37.4 Å². The van der Waals surface area contributed by atoms with E-state index >= 15 is 0 Å². The molecule has 2 heterocycles. The molecule has 1 aliphatic rings. The number of esters is 1. The number of hydrogen-bond donors (Lipinski definition) is 1. The zero-order valence-electron chi connectivity index (χ0n) is 17.0. The molecule has 0 aliphatic carbocycles. The Morgan fingerprint density at radius 2 is 1.72 bits per heavy atom. The van der Waals surface area contributed by atoms with Crippen molar-refractivity contribution in [3.05, 3.63) is 88.4 Å². The molecule has 1 atom stereocenters. The second-order valence-electron chi connectivity index (χ2n) is 7.09. The lowest BCUT2D eigenvalue weighted by atomic mass is 9.94. The number of aliphatic hydroxyl groups is 1. The number of hydrogen-bond acceptors (Lipinski definition) is 7. The van der Waals surface area contributed by atoms with Crippen molar-refractivity contribution in [2.75, 3.05) is 12.0 Å². The Morgan fingerprint density at radius 3 is 2.28 bits per heavy atom. The number of aryl methyl sites for hydroxylation is 1. The third-order valence-corrected chi connectivity index (χ3v) is 5.07. The molecule has 1 N–H and O–H groups in total. The minimum Gasteiger partial charge on any atom is -0.507 e. The predicted octanol–water partition coefficient (Wildman–Crippen LogP) is 3.54. The highest BCUT2D eigenvalue weighted by molar-refractivity contribution is 6.51. The monoisotopic (exact) mass is 436 g/mol.